The molecule has 1 aliphatic heterocycles. The van der Waals surface area contributed by atoms with E-state index in [2.05, 4.69) is 26.8 Å². The number of epoxide rings is 1. The number of carbonyl (C=O) groups is 1. The number of aliphatic hydroxyl groups is 1. The number of allylic oxidation sites excluding steroid dienone is 1. The van der Waals surface area contributed by atoms with Crippen molar-refractivity contribution in [1.29, 1.82) is 0 Å². The number of hydrogen-bond donors (Lipinski definition) is 1. The van der Waals surface area contributed by atoms with Crippen LogP contribution in [-0.2, 0) is 14.3 Å². The Labute approximate surface area is 151 Å². The van der Waals surface area contributed by atoms with E-state index in [1.54, 1.807) is 0 Å². The summed E-state index contributed by atoms with van der Waals surface area (Å²) in [6, 6.07) is 0. The van der Waals surface area contributed by atoms with E-state index in [1.165, 1.54) is 7.11 Å². The van der Waals surface area contributed by atoms with Gasteiger partial charge in [0, 0.05) is 5.57 Å². The minimum Gasteiger partial charge on any atom is -0.466 e. The van der Waals surface area contributed by atoms with Crippen LogP contribution in [0.5, 0.6) is 0 Å². The first-order chi connectivity index (χ1) is 11.7. The van der Waals surface area contributed by atoms with Gasteiger partial charge in [-0.25, -0.2) is 4.79 Å². The molecule has 0 amide bonds. The molecule has 4 aliphatic rings. The van der Waals surface area contributed by atoms with Crippen LogP contribution in [0.15, 0.2) is 11.6 Å². The highest BCUT2D eigenvalue weighted by Gasteiger charge is 2.72. The Morgan fingerprint density at radius 1 is 1.36 bits per heavy atom. The lowest BCUT2D eigenvalue weighted by Crippen LogP contribution is -2.62. The van der Waals surface area contributed by atoms with E-state index < -0.39 is 5.60 Å². The second-order valence-electron chi connectivity index (χ2n) is 9.64. The van der Waals surface area contributed by atoms with E-state index >= 15 is 0 Å². The first-order valence-corrected chi connectivity index (χ1v) is 9.85. The second kappa shape index (κ2) is 5.32. The molecule has 1 N–H and O–H groups in total. The molecule has 4 nitrogen and oxygen atoms in total. The van der Waals surface area contributed by atoms with Crippen molar-refractivity contribution in [2.75, 3.05) is 7.11 Å². The Morgan fingerprint density at radius 3 is 2.72 bits per heavy atom. The zero-order valence-electron chi connectivity index (χ0n) is 16.2. The summed E-state index contributed by atoms with van der Waals surface area (Å²) in [6.45, 7) is 8.78. The lowest BCUT2D eigenvalue weighted by Gasteiger charge is -2.63. The van der Waals surface area contributed by atoms with Gasteiger partial charge in [0.2, 0.25) is 0 Å². The second-order valence-corrected chi connectivity index (χ2v) is 9.64. The molecule has 0 unspecified atom stereocenters. The van der Waals surface area contributed by atoms with Gasteiger partial charge >= 0.3 is 5.97 Å². The fourth-order valence-corrected chi connectivity index (χ4v) is 6.83. The Kier molecular flexibility index (Phi) is 3.73. The predicted octanol–water partition coefficient (Wildman–Crippen LogP) is 3.48. The van der Waals surface area contributed by atoms with E-state index in [0.717, 1.165) is 37.7 Å². The van der Waals surface area contributed by atoms with Gasteiger partial charge in [0.1, 0.15) is 0 Å². The topological polar surface area (TPSA) is 59.1 Å². The maximum absolute atomic E-state index is 12.3. The van der Waals surface area contributed by atoms with Crippen LogP contribution in [0.2, 0.25) is 0 Å². The Balaban J connectivity index is 1.77. The maximum Gasteiger partial charge on any atom is 0.333 e. The molecule has 25 heavy (non-hydrogen) atoms. The summed E-state index contributed by atoms with van der Waals surface area (Å²) in [7, 11) is 1.47. The van der Waals surface area contributed by atoms with Crippen molar-refractivity contribution in [3.63, 3.8) is 0 Å². The summed E-state index contributed by atoms with van der Waals surface area (Å²) >= 11 is 0. The van der Waals surface area contributed by atoms with Crippen molar-refractivity contribution < 1.29 is 19.4 Å². The number of rotatable bonds is 2. The highest BCUT2D eigenvalue weighted by Crippen LogP contribution is 2.73. The van der Waals surface area contributed by atoms with Gasteiger partial charge in [-0.3, -0.25) is 0 Å². The van der Waals surface area contributed by atoms with Crippen molar-refractivity contribution in [3.05, 3.63) is 11.6 Å². The van der Waals surface area contributed by atoms with Crippen molar-refractivity contribution in [3.8, 4) is 0 Å². The van der Waals surface area contributed by atoms with Crippen LogP contribution in [-0.4, -0.2) is 35.5 Å². The first kappa shape index (κ1) is 17.5. The molecule has 0 radical (unpaired) electrons. The number of esters is 1. The fourth-order valence-electron chi connectivity index (χ4n) is 6.83. The number of hydrogen-bond acceptors (Lipinski definition) is 4. The quantitative estimate of drug-likeness (QED) is 0.613. The van der Waals surface area contributed by atoms with Crippen LogP contribution in [0.1, 0.15) is 59.8 Å². The summed E-state index contributed by atoms with van der Waals surface area (Å²) in [5.41, 5.74) is 0.213. The van der Waals surface area contributed by atoms with Gasteiger partial charge in [-0.15, -0.1) is 0 Å². The van der Waals surface area contributed by atoms with E-state index in [0.29, 0.717) is 23.7 Å². The molecule has 1 heterocycles. The number of carbonyl (C=O) groups excluding carboxylic acids is 1. The van der Waals surface area contributed by atoms with E-state index in [9.17, 15) is 9.90 Å². The van der Waals surface area contributed by atoms with Crippen LogP contribution in [0.4, 0.5) is 0 Å². The van der Waals surface area contributed by atoms with Gasteiger partial charge in [0.15, 0.2) is 0 Å². The molecule has 7 atom stereocenters. The zero-order valence-corrected chi connectivity index (χ0v) is 16.2. The van der Waals surface area contributed by atoms with E-state index in [1.807, 2.05) is 6.92 Å². The molecule has 0 aromatic carbocycles. The van der Waals surface area contributed by atoms with Crippen molar-refractivity contribution in [2.24, 2.45) is 29.1 Å². The van der Waals surface area contributed by atoms with Gasteiger partial charge < -0.3 is 14.6 Å². The van der Waals surface area contributed by atoms with Crippen molar-refractivity contribution in [1.82, 2.24) is 0 Å². The van der Waals surface area contributed by atoms with E-state index in [-0.39, 0.29) is 23.1 Å². The molecule has 4 heteroatoms. The minimum atomic E-state index is -0.612. The average molecular weight is 348 g/mol. The molecule has 0 aromatic heterocycles. The van der Waals surface area contributed by atoms with Crippen LogP contribution in [0.25, 0.3) is 0 Å². The molecule has 4 rings (SSSR count). The summed E-state index contributed by atoms with van der Waals surface area (Å²) in [6.07, 6.45) is 6.95. The smallest absolute Gasteiger partial charge is 0.333 e. The first-order valence-electron chi connectivity index (χ1n) is 9.85. The third kappa shape index (κ3) is 2.29. The van der Waals surface area contributed by atoms with Gasteiger partial charge in [0.25, 0.3) is 0 Å². The summed E-state index contributed by atoms with van der Waals surface area (Å²) < 4.78 is 11.1. The molecule has 2 saturated carbocycles. The SMILES string of the molecule is COC(=O)C1=C[C@@H]2[C@H](C[C@]3(C)O[C@H]3CC1)[C@H]1[C@]2(C(C)C)CC[C@@]1(C)O. The number of fused-ring (bicyclic) bond motifs is 5. The Morgan fingerprint density at radius 2 is 2.08 bits per heavy atom. The van der Waals surface area contributed by atoms with Gasteiger partial charge in [-0.2, -0.15) is 0 Å². The number of ether oxygens (including phenoxy) is 2. The van der Waals surface area contributed by atoms with Crippen LogP contribution in [0.3, 0.4) is 0 Å². The molecule has 0 spiro atoms. The van der Waals surface area contributed by atoms with Crippen LogP contribution in [0, 0.1) is 29.1 Å². The molecular formula is C21H32O4. The highest BCUT2D eigenvalue weighted by atomic mass is 16.6. The summed E-state index contributed by atoms with van der Waals surface area (Å²) in [5.74, 6) is 1.29. The molecule has 140 valence electrons. The number of methoxy groups -OCH3 is 1. The monoisotopic (exact) mass is 348 g/mol. The molecule has 3 aliphatic carbocycles. The Bertz CT molecular complexity index is 621. The third-order valence-electron chi connectivity index (χ3n) is 8.08. The minimum absolute atomic E-state index is 0.0792. The normalized spacial score (nSPS) is 51.1. The molecule has 3 fully saturated rings. The molecular weight excluding hydrogens is 316 g/mol. The van der Waals surface area contributed by atoms with Gasteiger partial charge in [-0.1, -0.05) is 19.9 Å². The summed E-state index contributed by atoms with van der Waals surface area (Å²) in [5, 5.41) is 11.1. The van der Waals surface area contributed by atoms with Crippen LogP contribution >= 0.6 is 0 Å². The molecule has 0 aromatic rings. The van der Waals surface area contributed by atoms with E-state index in [4.69, 9.17) is 9.47 Å². The average Bonchev–Trinajstić information content (AvgIpc) is 3.08. The third-order valence-corrected chi connectivity index (χ3v) is 8.08. The lowest BCUT2D eigenvalue weighted by atomic mass is 9.41. The standard InChI is InChI=1S/C21H32O4/c1-12(2)21-9-8-19(3,23)17(21)14-11-20(4)16(25-20)7-6-13(10-15(14)21)18(22)24-5/h10,12,14-17,23H,6-9,11H2,1-5H3/t14-,15+,16-,17+,19+,20-,21-/m0/s1. The van der Waals surface area contributed by atoms with Crippen LogP contribution < -0.4 is 0 Å². The van der Waals surface area contributed by atoms with Crippen molar-refractivity contribution >= 4 is 5.97 Å². The lowest BCUT2D eigenvalue weighted by molar-refractivity contribution is -0.179. The molecule has 1 saturated heterocycles. The zero-order chi connectivity index (χ0) is 18.2. The predicted molar refractivity (Wildman–Crippen MR) is 94.8 cm³/mol. The fraction of sp³-hybridized carbons (Fsp3) is 0.857. The maximum atomic E-state index is 12.3. The van der Waals surface area contributed by atoms with Gasteiger partial charge in [0.05, 0.1) is 24.4 Å². The summed E-state index contributed by atoms with van der Waals surface area (Å²) in [4.78, 5) is 12.3. The van der Waals surface area contributed by atoms with Crippen molar-refractivity contribution in [2.45, 2.75) is 77.1 Å². The Hall–Kier alpha value is -0.870. The van der Waals surface area contributed by atoms with Gasteiger partial charge in [-0.05, 0) is 75.0 Å². The molecule has 0 bridgehead atoms. The largest absolute Gasteiger partial charge is 0.466 e. The highest BCUT2D eigenvalue weighted by molar-refractivity contribution is 5.88.